The fraction of sp³-hybridized carbons (Fsp3) is 0.154. The highest BCUT2D eigenvalue weighted by Crippen LogP contribution is 2.39. The number of imide groups is 1. The molecular formula is C26H21F3N2O3. The van der Waals surface area contributed by atoms with Crippen LogP contribution in [-0.2, 0) is 15.8 Å². The molecule has 2 amide bonds. The van der Waals surface area contributed by atoms with Crippen molar-refractivity contribution in [2.24, 2.45) is 0 Å². The normalized spacial score (nSPS) is 14.1. The number of nitrogens with zero attached hydrogens (tertiary/aromatic N) is 1. The summed E-state index contributed by atoms with van der Waals surface area (Å²) in [6.45, 7) is 3.61. The number of ether oxygens (including phenoxy) is 1. The van der Waals surface area contributed by atoms with E-state index < -0.39 is 23.6 Å². The summed E-state index contributed by atoms with van der Waals surface area (Å²) in [5.41, 5.74) is 1.34. The maximum Gasteiger partial charge on any atom is 0.416 e. The van der Waals surface area contributed by atoms with Crippen molar-refractivity contribution in [2.75, 3.05) is 17.3 Å². The van der Waals surface area contributed by atoms with E-state index in [4.69, 9.17) is 4.74 Å². The van der Waals surface area contributed by atoms with E-state index in [-0.39, 0.29) is 17.0 Å². The standard InChI is InChI=1S/C26H21F3N2O3/c1-15-11-12-16(2)20(13-15)31-24(32)22(19-9-4-5-10-21(19)34-3)23(25(31)33)30-18-8-6-7-17(14-18)26(27,28)29/h4-14,30H,1-3H3. The Morgan fingerprint density at radius 3 is 2.32 bits per heavy atom. The number of halogens is 3. The summed E-state index contributed by atoms with van der Waals surface area (Å²) in [5.74, 6) is -0.917. The lowest BCUT2D eigenvalue weighted by Crippen LogP contribution is -2.33. The average Bonchev–Trinajstić information content (AvgIpc) is 3.04. The van der Waals surface area contributed by atoms with Gasteiger partial charge in [0.15, 0.2) is 0 Å². The van der Waals surface area contributed by atoms with Gasteiger partial charge in [0.2, 0.25) is 0 Å². The summed E-state index contributed by atoms with van der Waals surface area (Å²) in [7, 11) is 1.43. The molecule has 0 spiro atoms. The Kier molecular flexibility index (Phi) is 5.91. The summed E-state index contributed by atoms with van der Waals surface area (Å²) in [5, 5.41) is 2.78. The molecule has 1 heterocycles. The van der Waals surface area contributed by atoms with Gasteiger partial charge in [-0.3, -0.25) is 9.59 Å². The van der Waals surface area contributed by atoms with E-state index in [0.717, 1.165) is 22.6 Å². The molecule has 3 aromatic carbocycles. The predicted molar refractivity (Wildman–Crippen MR) is 123 cm³/mol. The third-order valence-corrected chi connectivity index (χ3v) is 5.53. The molecule has 0 bridgehead atoms. The van der Waals surface area contributed by atoms with Crippen LogP contribution in [0.3, 0.4) is 0 Å². The van der Waals surface area contributed by atoms with Gasteiger partial charge in [-0.25, -0.2) is 4.90 Å². The Morgan fingerprint density at radius 1 is 0.882 bits per heavy atom. The van der Waals surface area contributed by atoms with Gasteiger partial charge in [-0.1, -0.05) is 36.4 Å². The van der Waals surface area contributed by atoms with Crippen molar-refractivity contribution in [3.05, 3.63) is 94.7 Å². The van der Waals surface area contributed by atoms with Crippen LogP contribution in [0.25, 0.3) is 5.57 Å². The van der Waals surface area contributed by atoms with E-state index in [1.54, 1.807) is 43.3 Å². The van der Waals surface area contributed by atoms with Crippen molar-refractivity contribution < 1.29 is 27.5 Å². The summed E-state index contributed by atoms with van der Waals surface area (Å²) >= 11 is 0. The van der Waals surface area contributed by atoms with Crippen LogP contribution < -0.4 is 15.0 Å². The molecule has 0 fully saturated rings. The Morgan fingerprint density at radius 2 is 1.62 bits per heavy atom. The number of alkyl halides is 3. The first-order valence-electron chi connectivity index (χ1n) is 10.4. The lowest BCUT2D eigenvalue weighted by atomic mass is 10.0. The van der Waals surface area contributed by atoms with Crippen molar-refractivity contribution >= 4 is 28.8 Å². The number of nitrogens with one attached hydrogen (secondary N) is 1. The van der Waals surface area contributed by atoms with Gasteiger partial charge in [-0.2, -0.15) is 13.2 Å². The molecule has 34 heavy (non-hydrogen) atoms. The molecule has 1 aliphatic heterocycles. The van der Waals surface area contributed by atoms with Crippen molar-refractivity contribution in [1.82, 2.24) is 0 Å². The lowest BCUT2D eigenvalue weighted by molar-refractivity contribution is -0.137. The van der Waals surface area contributed by atoms with Gasteiger partial charge in [0.05, 0.1) is 23.9 Å². The Balaban J connectivity index is 1.88. The zero-order valence-electron chi connectivity index (χ0n) is 18.7. The Bertz CT molecular complexity index is 1330. The minimum absolute atomic E-state index is 0.0146. The highest BCUT2D eigenvalue weighted by atomic mass is 19.4. The molecule has 1 N–H and O–H groups in total. The predicted octanol–water partition coefficient (Wildman–Crippen LogP) is 5.73. The second-order valence-corrected chi connectivity index (χ2v) is 7.89. The summed E-state index contributed by atoms with van der Waals surface area (Å²) in [4.78, 5) is 28.3. The van der Waals surface area contributed by atoms with Crippen molar-refractivity contribution in [1.29, 1.82) is 0 Å². The van der Waals surface area contributed by atoms with E-state index in [1.807, 2.05) is 13.0 Å². The third-order valence-electron chi connectivity index (χ3n) is 5.53. The zero-order chi connectivity index (χ0) is 24.6. The molecule has 3 aromatic rings. The van der Waals surface area contributed by atoms with Crippen LogP contribution in [-0.4, -0.2) is 18.9 Å². The van der Waals surface area contributed by atoms with Gasteiger partial charge >= 0.3 is 6.18 Å². The number of benzene rings is 3. The Hall–Kier alpha value is -4.07. The molecule has 5 nitrogen and oxygen atoms in total. The number of hydrogen-bond donors (Lipinski definition) is 1. The molecule has 0 saturated carbocycles. The molecule has 0 aromatic heterocycles. The molecule has 0 atom stereocenters. The summed E-state index contributed by atoms with van der Waals surface area (Å²) < 4.78 is 45.1. The van der Waals surface area contributed by atoms with Crippen LogP contribution in [0.15, 0.2) is 72.4 Å². The highest BCUT2D eigenvalue weighted by Gasteiger charge is 2.42. The molecule has 1 aliphatic rings. The molecule has 8 heteroatoms. The number of rotatable bonds is 5. The minimum Gasteiger partial charge on any atom is -0.496 e. The molecule has 4 rings (SSSR count). The molecule has 0 saturated heterocycles. The number of hydrogen-bond acceptors (Lipinski definition) is 4. The monoisotopic (exact) mass is 466 g/mol. The molecular weight excluding hydrogens is 445 g/mol. The van der Waals surface area contributed by atoms with E-state index in [9.17, 15) is 22.8 Å². The van der Waals surface area contributed by atoms with Gasteiger partial charge < -0.3 is 10.1 Å². The van der Waals surface area contributed by atoms with Crippen molar-refractivity contribution in [2.45, 2.75) is 20.0 Å². The van der Waals surface area contributed by atoms with Crippen molar-refractivity contribution in [3.8, 4) is 5.75 Å². The average molecular weight is 466 g/mol. The van der Waals surface area contributed by atoms with Gasteiger partial charge in [0.25, 0.3) is 11.8 Å². The first kappa shape index (κ1) is 23.1. The third kappa shape index (κ3) is 4.14. The summed E-state index contributed by atoms with van der Waals surface area (Å²) in [6.07, 6.45) is -4.56. The van der Waals surface area contributed by atoms with Gasteiger partial charge in [0, 0.05) is 11.3 Å². The first-order valence-corrected chi connectivity index (χ1v) is 10.4. The summed E-state index contributed by atoms with van der Waals surface area (Å²) in [6, 6.07) is 16.5. The molecule has 0 aliphatic carbocycles. The Labute approximate surface area is 194 Å². The van der Waals surface area contributed by atoms with Crippen LogP contribution in [0.4, 0.5) is 24.5 Å². The second-order valence-electron chi connectivity index (χ2n) is 7.89. The topological polar surface area (TPSA) is 58.6 Å². The molecule has 0 radical (unpaired) electrons. The van der Waals surface area contributed by atoms with Crippen LogP contribution >= 0.6 is 0 Å². The van der Waals surface area contributed by atoms with Gasteiger partial charge in [-0.15, -0.1) is 0 Å². The largest absolute Gasteiger partial charge is 0.496 e. The van der Waals surface area contributed by atoms with E-state index in [2.05, 4.69) is 5.32 Å². The quantitative estimate of drug-likeness (QED) is 0.488. The zero-order valence-corrected chi connectivity index (χ0v) is 18.7. The van der Waals surface area contributed by atoms with Crippen molar-refractivity contribution in [3.63, 3.8) is 0 Å². The van der Waals surface area contributed by atoms with E-state index in [0.29, 0.717) is 22.6 Å². The smallest absolute Gasteiger partial charge is 0.416 e. The maximum absolute atomic E-state index is 13.6. The molecule has 0 unspecified atom stereocenters. The number of amides is 2. The molecule has 174 valence electrons. The number of aryl methyl sites for hydroxylation is 2. The fourth-order valence-corrected chi connectivity index (χ4v) is 3.84. The SMILES string of the molecule is COc1ccccc1C1=C(Nc2cccc(C(F)(F)F)c2)C(=O)N(c2cc(C)ccc2C)C1=O. The number of para-hydroxylation sites is 1. The van der Waals surface area contributed by atoms with Gasteiger partial charge in [-0.05, 0) is 55.3 Å². The number of carbonyl (C=O) groups is 2. The lowest BCUT2D eigenvalue weighted by Gasteiger charge is -2.18. The fourth-order valence-electron chi connectivity index (χ4n) is 3.84. The number of methoxy groups -OCH3 is 1. The minimum atomic E-state index is -4.56. The van der Waals surface area contributed by atoms with Crippen LogP contribution in [0, 0.1) is 13.8 Å². The second kappa shape index (κ2) is 8.70. The number of carbonyl (C=O) groups excluding carboxylic acids is 2. The van der Waals surface area contributed by atoms with Crippen LogP contribution in [0.1, 0.15) is 22.3 Å². The first-order chi connectivity index (χ1) is 16.1. The highest BCUT2D eigenvalue weighted by molar-refractivity contribution is 6.46. The van der Waals surface area contributed by atoms with E-state index >= 15 is 0 Å². The maximum atomic E-state index is 13.6. The van der Waals surface area contributed by atoms with Gasteiger partial charge in [0.1, 0.15) is 11.4 Å². The van der Waals surface area contributed by atoms with Crippen LogP contribution in [0.5, 0.6) is 5.75 Å². The number of anilines is 2. The van der Waals surface area contributed by atoms with E-state index in [1.165, 1.54) is 19.2 Å². The van der Waals surface area contributed by atoms with Crippen LogP contribution in [0.2, 0.25) is 0 Å².